The molecule has 0 aliphatic rings. The lowest BCUT2D eigenvalue weighted by Gasteiger charge is -2.16. The molecule has 21 heavy (non-hydrogen) atoms. The van der Waals surface area contributed by atoms with Gasteiger partial charge in [0.05, 0.1) is 10.7 Å². The third kappa shape index (κ3) is 3.25. The first-order valence-corrected chi connectivity index (χ1v) is 7.19. The number of nitrogen functional groups attached to an aromatic ring is 1. The molecule has 0 unspecified atom stereocenters. The van der Waals surface area contributed by atoms with E-state index in [2.05, 4.69) is 20.7 Å². The summed E-state index contributed by atoms with van der Waals surface area (Å²) in [6.45, 7) is 7.98. The lowest BCUT2D eigenvalue weighted by Crippen LogP contribution is -2.14. The predicted molar refractivity (Wildman–Crippen MR) is 88.1 cm³/mol. The summed E-state index contributed by atoms with van der Waals surface area (Å²) in [4.78, 5) is 9.00. The number of halogens is 1. The molecule has 0 aliphatic heterocycles. The average molecular weight is 306 g/mol. The van der Waals surface area contributed by atoms with Crippen molar-refractivity contribution in [2.75, 3.05) is 10.7 Å². The number of hydrogen-bond donors (Lipinski definition) is 3. The second-order valence-electron chi connectivity index (χ2n) is 5.26. The summed E-state index contributed by atoms with van der Waals surface area (Å²) in [6, 6.07) is 5.76. The summed E-state index contributed by atoms with van der Waals surface area (Å²) in [6.07, 6.45) is 0. The van der Waals surface area contributed by atoms with Crippen LogP contribution in [-0.4, -0.2) is 9.97 Å². The number of anilines is 3. The van der Waals surface area contributed by atoms with E-state index in [0.29, 0.717) is 16.7 Å². The third-order valence-corrected chi connectivity index (χ3v) is 3.60. The van der Waals surface area contributed by atoms with Gasteiger partial charge < -0.3 is 10.7 Å². The van der Waals surface area contributed by atoms with Crippen molar-refractivity contribution in [1.29, 1.82) is 0 Å². The van der Waals surface area contributed by atoms with Crippen molar-refractivity contribution in [1.82, 2.24) is 9.97 Å². The van der Waals surface area contributed by atoms with Gasteiger partial charge in [-0.2, -0.15) is 0 Å². The van der Waals surface area contributed by atoms with E-state index in [1.54, 1.807) is 0 Å². The number of aromatic nitrogens is 2. The minimum atomic E-state index is 0.200. The monoisotopic (exact) mass is 305 g/mol. The van der Waals surface area contributed by atoms with Crippen LogP contribution in [0.2, 0.25) is 5.02 Å². The van der Waals surface area contributed by atoms with Crippen LogP contribution in [-0.2, 0) is 0 Å². The SMILES string of the molecule is Cc1cccc(Cl)c1Nc1nc(C(C)C)nc(NN)c1C. The van der Waals surface area contributed by atoms with Crippen LogP contribution < -0.4 is 16.6 Å². The van der Waals surface area contributed by atoms with Gasteiger partial charge in [-0.1, -0.05) is 37.6 Å². The molecule has 1 aromatic heterocycles. The first-order valence-electron chi connectivity index (χ1n) is 6.81. The first-order chi connectivity index (χ1) is 9.93. The molecule has 0 amide bonds. The minimum Gasteiger partial charge on any atom is -0.338 e. The van der Waals surface area contributed by atoms with Crippen molar-refractivity contribution in [3.05, 3.63) is 40.2 Å². The number of aryl methyl sites for hydroxylation is 1. The molecule has 4 N–H and O–H groups in total. The van der Waals surface area contributed by atoms with E-state index in [4.69, 9.17) is 17.4 Å². The molecule has 0 atom stereocenters. The molecular formula is C15H20ClN5. The van der Waals surface area contributed by atoms with E-state index in [9.17, 15) is 0 Å². The Kier molecular flexibility index (Phi) is 4.65. The lowest BCUT2D eigenvalue weighted by molar-refractivity contribution is 0.774. The lowest BCUT2D eigenvalue weighted by atomic mass is 10.1. The Morgan fingerprint density at radius 2 is 1.81 bits per heavy atom. The smallest absolute Gasteiger partial charge is 0.148 e. The minimum absolute atomic E-state index is 0.200. The molecule has 5 nitrogen and oxygen atoms in total. The molecule has 0 fully saturated rings. The molecule has 2 aromatic rings. The Bertz CT molecular complexity index is 635. The van der Waals surface area contributed by atoms with Crippen molar-refractivity contribution in [3.63, 3.8) is 0 Å². The fraction of sp³-hybridized carbons (Fsp3) is 0.333. The predicted octanol–water partition coefficient (Wildman–Crippen LogP) is 3.90. The summed E-state index contributed by atoms with van der Waals surface area (Å²) in [5.74, 6) is 7.79. The maximum absolute atomic E-state index is 6.26. The van der Waals surface area contributed by atoms with Crippen LogP contribution in [0.3, 0.4) is 0 Å². The Balaban J connectivity index is 2.51. The van der Waals surface area contributed by atoms with Crippen LogP contribution in [0.1, 0.15) is 36.7 Å². The Morgan fingerprint density at radius 1 is 1.14 bits per heavy atom. The van der Waals surface area contributed by atoms with Gasteiger partial charge in [-0.05, 0) is 25.5 Å². The normalized spacial score (nSPS) is 10.8. The quantitative estimate of drug-likeness (QED) is 0.590. The Hall–Kier alpha value is -1.85. The highest BCUT2D eigenvalue weighted by molar-refractivity contribution is 6.33. The van der Waals surface area contributed by atoms with Crippen LogP contribution in [0.4, 0.5) is 17.3 Å². The summed E-state index contributed by atoms with van der Waals surface area (Å²) < 4.78 is 0. The van der Waals surface area contributed by atoms with Crippen molar-refractivity contribution >= 4 is 28.9 Å². The molecule has 112 valence electrons. The topological polar surface area (TPSA) is 75.9 Å². The Morgan fingerprint density at radius 3 is 2.38 bits per heavy atom. The van der Waals surface area contributed by atoms with Crippen molar-refractivity contribution in [2.45, 2.75) is 33.6 Å². The number of rotatable bonds is 4. The highest BCUT2D eigenvalue weighted by Gasteiger charge is 2.14. The number of benzene rings is 1. The van der Waals surface area contributed by atoms with Gasteiger partial charge in [-0.3, -0.25) is 0 Å². The number of nitrogens with two attached hydrogens (primary N) is 1. The number of nitrogens with one attached hydrogen (secondary N) is 2. The molecule has 1 aromatic carbocycles. The standard InChI is InChI=1S/C15H20ClN5/c1-8(2)13-19-14(10(4)15(20-13)21-17)18-12-9(3)6-5-7-11(12)16/h5-8H,17H2,1-4H3,(H2,18,19,20,21). The molecule has 0 saturated heterocycles. The van der Waals surface area contributed by atoms with Gasteiger partial charge in [0.1, 0.15) is 17.5 Å². The molecule has 2 rings (SSSR count). The number of para-hydroxylation sites is 1. The molecule has 6 heteroatoms. The van der Waals surface area contributed by atoms with Crippen molar-refractivity contribution < 1.29 is 0 Å². The summed E-state index contributed by atoms with van der Waals surface area (Å²) in [7, 11) is 0. The molecule has 0 bridgehead atoms. The Labute approximate surface area is 129 Å². The molecule has 0 saturated carbocycles. The zero-order valence-electron chi connectivity index (χ0n) is 12.7. The van der Waals surface area contributed by atoms with E-state index >= 15 is 0 Å². The number of hydrazine groups is 1. The van der Waals surface area contributed by atoms with E-state index < -0.39 is 0 Å². The van der Waals surface area contributed by atoms with E-state index in [1.807, 2.05) is 45.9 Å². The van der Waals surface area contributed by atoms with E-state index in [-0.39, 0.29) is 5.92 Å². The van der Waals surface area contributed by atoms with Gasteiger partial charge in [0.25, 0.3) is 0 Å². The van der Waals surface area contributed by atoms with Crippen LogP contribution in [0.25, 0.3) is 0 Å². The van der Waals surface area contributed by atoms with Crippen molar-refractivity contribution in [2.24, 2.45) is 5.84 Å². The van der Waals surface area contributed by atoms with Crippen LogP contribution in [0.15, 0.2) is 18.2 Å². The zero-order chi connectivity index (χ0) is 15.6. The van der Waals surface area contributed by atoms with Gasteiger partial charge >= 0.3 is 0 Å². The fourth-order valence-corrected chi connectivity index (χ4v) is 2.23. The average Bonchev–Trinajstić information content (AvgIpc) is 2.44. The third-order valence-electron chi connectivity index (χ3n) is 3.28. The summed E-state index contributed by atoms with van der Waals surface area (Å²) >= 11 is 6.26. The molecule has 1 heterocycles. The fourth-order valence-electron chi connectivity index (χ4n) is 1.96. The van der Waals surface area contributed by atoms with Crippen molar-refractivity contribution in [3.8, 4) is 0 Å². The maximum Gasteiger partial charge on any atom is 0.148 e. The van der Waals surface area contributed by atoms with E-state index in [1.165, 1.54) is 0 Å². The summed E-state index contributed by atoms with van der Waals surface area (Å²) in [5.41, 5.74) is 5.37. The molecule has 0 radical (unpaired) electrons. The maximum atomic E-state index is 6.26. The summed E-state index contributed by atoms with van der Waals surface area (Å²) in [5, 5.41) is 3.95. The van der Waals surface area contributed by atoms with Gasteiger partial charge in [0.2, 0.25) is 0 Å². The van der Waals surface area contributed by atoms with E-state index in [0.717, 1.165) is 22.6 Å². The molecule has 0 aliphatic carbocycles. The van der Waals surface area contributed by atoms with Gasteiger partial charge in [-0.15, -0.1) is 0 Å². The van der Waals surface area contributed by atoms with Crippen LogP contribution in [0, 0.1) is 13.8 Å². The van der Waals surface area contributed by atoms with Crippen LogP contribution in [0.5, 0.6) is 0 Å². The van der Waals surface area contributed by atoms with Gasteiger partial charge in [-0.25, -0.2) is 15.8 Å². The molecular weight excluding hydrogens is 286 g/mol. The highest BCUT2D eigenvalue weighted by atomic mass is 35.5. The zero-order valence-corrected chi connectivity index (χ0v) is 13.4. The first kappa shape index (κ1) is 15.5. The molecule has 0 spiro atoms. The van der Waals surface area contributed by atoms with Crippen LogP contribution >= 0.6 is 11.6 Å². The number of nitrogens with zero attached hydrogens (tertiary/aromatic N) is 2. The second kappa shape index (κ2) is 6.28. The number of hydrogen-bond acceptors (Lipinski definition) is 5. The van der Waals surface area contributed by atoms with Gasteiger partial charge in [0.15, 0.2) is 0 Å². The van der Waals surface area contributed by atoms with Gasteiger partial charge in [0, 0.05) is 11.5 Å². The largest absolute Gasteiger partial charge is 0.338 e. The second-order valence-corrected chi connectivity index (χ2v) is 5.67. The highest BCUT2D eigenvalue weighted by Crippen LogP contribution is 2.31.